The van der Waals surface area contributed by atoms with Crippen LogP contribution in [-0.2, 0) is 0 Å². The summed E-state index contributed by atoms with van der Waals surface area (Å²) >= 11 is 3.88. The van der Waals surface area contributed by atoms with Crippen LogP contribution in [0.15, 0.2) is 12.1 Å². The Balaban J connectivity index is 2.18. The van der Waals surface area contributed by atoms with Gasteiger partial charge in [0.2, 0.25) is 0 Å². The van der Waals surface area contributed by atoms with Crippen LogP contribution < -0.4 is 5.73 Å². The minimum atomic E-state index is 0.216. The second-order valence-electron chi connectivity index (χ2n) is 4.19. The zero-order chi connectivity index (χ0) is 10.2. The van der Waals surface area contributed by atoms with Gasteiger partial charge in [-0.1, -0.05) is 0 Å². The number of thioether (sulfide) groups is 1. The third kappa shape index (κ3) is 1.86. The summed E-state index contributed by atoms with van der Waals surface area (Å²) in [6.07, 6.45) is 2.58. The first kappa shape index (κ1) is 10.5. The van der Waals surface area contributed by atoms with E-state index in [1.54, 1.807) is 0 Å². The molecule has 0 radical (unpaired) electrons. The van der Waals surface area contributed by atoms with Gasteiger partial charge in [-0.05, 0) is 44.6 Å². The molecule has 2 atom stereocenters. The predicted molar refractivity (Wildman–Crippen MR) is 66.1 cm³/mol. The molecule has 0 aromatic carbocycles. The van der Waals surface area contributed by atoms with Crippen LogP contribution >= 0.6 is 23.1 Å². The van der Waals surface area contributed by atoms with E-state index in [-0.39, 0.29) is 10.8 Å². The second-order valence-corrected chi connectivity index (χ2v) is 7.14. The Bertz CT molecular complexity index is 313. The molecule has 78 valence electrons. The van der Waals surface area contributed by atoms with Crippen molar-refractivity contribution in [2.45, 2.75) is 37.5 Å². The van der Waals surface area contributed by atoms with Crippen LogP contribution in [0.5, 0.6) is 0 Å². The van der Waals surface area contributed by atoms with Crippen molar-refractivity contribution in [1.29, 1.82) is 0 Å². The molecule has 2 heterocycles. The van der Waals surface area contributed by atoms with Crippen LogP contribution in [0, 0.1) is 6.92 Å². The quantitative estimate of drug-likeness (QED) is 0.838. The van der Waals surface area contributed by atoms with Gasteiger partial charge in [0.25, 0.3) is 0 Å². The highest BCUT2D eigenvalue weighted by Gasteiger charge is 2.37. The molecule has 0 spiro atoms. The number of aryl methyl sites for hydroxylation is 1. The van der Waals surface area contributed by atoms with Crippen molar-refractivity contribution in [1.82, 2.24) is 0 Å². The lowest BCUT2D eigenvalue weighted by molar-refractivity contribution is 0.508. The van der Waals surface area contributed by atoms with Crippen molar-refractivity contribution < 1.29 is 0 Å². The summed E-state index contributed by atoms with van der Waals surface area (Å²) in [5, 5.41) is 0. The highest BCUT2D eigenvalue weighted by molar-refractivity contribution is 8.00. The van der Waals surface area contributed by atoms with E-state index in [1.165, 1.54) is 28.3 Å². The van der Waals surface area contributed by atoms with Crippen LogP contribution in [-0.4, -0.2) is 10.5 Å². The number of hydrogen-bond acceptors (Lipinski definition) is 3. The molecule has 0 amide bonds. The summed E-state index contributed by atoms with van der Waals surface area (Å²) in [6.45, 7) is 4.45. The van der Waals surface area contributed by atoms with Gasteiger partial charge in [0.05, 0.1) is 6.04 Å². The maximum atomic E-state index is 6.34. The molecule has 1 aliphatic heterocycles. The molecule has 0 bridgehead atoms. The maximum absolute atomic E-state index is 6.34. The number of hydrogen-bond donors (Lipinski definition) is 1. The molecule has 1 aliphatic rings. The van der Waals surface area contributed by atoms with Gasteiger partial charge in [-0.25, -0.2) is 0 Å². The fourth-order valence-electron chi connectivity index (χ4n) is 1.97. The van der Waals surface area contributed by atoms with Crippen LogP contribution in [0.25, 0.3) is 0 Å². The fraction of sp³-hybridized carbons (Fsp3) is 0.636. The van der Waals surface area contributed by atoms with Gasteiger partial charge in [0, 0.05) is 14.5 Å². The first-order chi connectivity index (χ1) is 6.62. The number of rotatable bonds is 2. The van der Waals surface area contributed by atoms with Gasteiger partial charge in [0.1, 0.15) is 0 Å². The molecule has 2 N–H and O–H groups in total. The smallest absolute Gasteiger partial charge is 0.0536 e. The van der Waals surface area contributed by atoms with Crippen molar-refractivity contribution in [3.05, 3.63) is 21.9 Å². The lowest BCUT2D eigenvalue weighted by Gasteiger charge is -2.29. The number of nitrogens with two attached hydrogens (primary N) is 1. The van der Waals surface area contributed by atoms with Crippen molar-refractivity contribution in [2.75, 3.05) is 5.75 Å². The van der Waals surface area contributed by atoms with Gasteiger partial charge in [-0.3, -0.25) is 0 Å². The first-order valence-electron chi connectivity index (χ1n) is 5.08. The molecule has 2 unspecified atom stereocenters. The molecule has 14 heavy (non-hydrogen) atoms. The van der Waals surface area contributed by atoms with Crippen LogP contribution in [0.4, 0.5) is 0 Å². The van der Waals surface area contributed by atoms with E-state index < -0.39 is 0 Å². The Hall–Kier alpha value is 0.01000. The minimum Gasteiger partial charge on any atom is -0.322 e. The SMILES string of the molecule is Cc1ccc(C(N)C2(C)CCCS2)s1. The molecule has 2 rings (SSSR count). The molecule has 1 aromatic heterocycles. The molecule has 0 aliphatic carbocycles. The largest absolute Gasteiger partial charge is 0.322 e. The first-order valence-corrected chi connectivity index (χ1v) is 6.88. The lowest BCUT2D eigenvalue weighted by Crippen LogP contribution is -2.32. The molecule has 0 saturated carbocycles. The van der Waals surface area contributed by atoms with Crippen LogP contribution in [0.2, 0.25) is 0 Å². The van der Waals surface area contributed by atoms with Crippen LogP contribution in [0.3, 0.4) is 0 Å². The number of thiophene rings is 1. The van der Waals surface area contributed by atoms with E-state index in [4.69, 9.17) is 5.73 Å². The summed E-state index contributed by atoms with van der Waals surface area (Å²) in [5.74, 6) is 1.27. The molecule has 1 saturated heterocycles. The van der Waals surface area contributed by atoms with E-state index in [9.17, 15) is 0 Å². The van der Waals surface area contributed by atoms with E-state index in [0.29, 0.717) is 0 Å². The summed E-state index contributed by atoms with van der Waals surface area (Å²) < 4.78 is 0.275. The van der Waals surface area contributed by atoms with Gasteiger partial charge in [-0.15, -0.1) is 11.3 Å². The van der Waals surface area contributed by atoms with E-state index in [2.05, 4.69) is 26.0 Å². The van der Waals surface area contributed by atoms with Crippen molar-refractivity contribution >= 4 is 23.1 Å². The monoisotopic (exact) mass is 227 g/mol. The summed E-state index contributed by atoms with van der Waals surface area (Å²) in [4.78, 5) is 2.71. The van der Waals surface area contributed by atoms with Gasteiger partial charge in [0.15, 0.2) is 0 Å². The summed E-state index contributed by atoms with van der Waals surface area (Å²) in [6, 6.07) is 4.58. The highest BCUT2D eigenvalue weighted by Crippen LogP contribution is 2.46. The average Bonchev–Trinajstić information content (AvgIpc) is 2.74. The molecular formula is C11H17NS2. The van der Waals surface area contributed by atoms with Crippen LogP contribution in [0.1, 0.15) is 35.6 Å². The van der Waals surface area contributed by atoms with E-state index >= 15 is 0 Å². The Kier molecular flexibility index (Phi) is 2.91. The van der Waals surface area contributed by atoms with Gasteiger partial charge < -0.3 is 5.73 Å². The normalized spacial score (nSPS) is 29.4. The Morgan fingerprint density at radius 2 is 2.29 bits per heavy atom. The Morgan fingerprint density at radius 3 is 2.79 bits per heavy atom. The Labute approximate surface area is 94.1 Å². The third-order valence-corrected chi connectivity index (χ3v) is 5.67. The van der Waals surface area contributed by atoms with E-state index in [0.717, 1.165) is 0 Å². The minimum absolute atomic E-state index is 0.216. The molecule has 1 fully saturated rings. The van der Waals surface area contributed by atoms with E-state index in [1.807, 2.05) is 23.1 Å². The lowest BCUT2D eigenvalue weighted by atomic mass is 9.96. The van der Waals surface area contributed by atoms with Gasteiger partial charge >= 0.3 is 0 Å². The second kappa shape index (κ2) is 3.87. The average molecular weight is 227 g/mol. The fourth-order valence-corrected chi connectivity index (χ4v) is 4.42. The molecular weight excluding hydrogens is 210 g/mol. The molecule has 1 aromatic rings. The maximum Gasteiger partial charge on any atom is 0.0536 e. The molecule has 1 nitrogen and oxygen atoms in total. The molecule has 3 heteroatoms. The zero-order valence-electron chi connectivity index (χ0n) is 8.75. The van der Waals surface area contributed by atoms with Gasteiger partial charge in [-0.2, -0.15) is 11.8 Å². The summed E-state index contributed by atoms with van der Waals surface area (Å²) in [7, 11) is 0. The Morgan fingerprint density at radius 1 is 1.50 bits per heavy atom. The van der Waals surface area contributed by atoms with Crippen molar-refractivity contribution in [2.24, 2.45) is 5.73 Å². The topological polar surface area (TPSA) is 26.0 Å². The van der Waals surface area contributed by atoms with Crippen molar-refractivity contribution in [3.63, 3.8) is 0 Å². The highest BCUT2D eigenvalue weighted by atomic mass is 32.2. The standard InChI is InChI=1S/C11H17NS2/c1-8-4-5-9(14-8)10(12)11(2)6-3-7-13-11/h4-5,10H,3,6-7,12H2,1-2H3. The van der Waals surface area contributed by atoms with Crippen molar-refractivity contribution in [3.8, 4) is 0 Å². The predicted octanol–water partition coefficient (Wildman–Crippen LogP) is 3.34. The summed E-state index contributed by atoms with van der Waals surface area (Å²) in [5.41, 5.74) is 6.34. The zero-order valence-corrected chi connectivity index (χ0v) is 10.4. The third-order valence-electron chi connectivity index (χ3n) is 2.97.